The van der Waals surface area contributed by atoms with Gasteiger partial charge >= 0.3 is 0 Å². The van der Waals surface area contributed by atoms with Crippen molar-refractivity contribution in [3.8, 4) is 0 Å². The van der Waals surface area contributed by atoms with Gasteiger partial charge in [0, 0.05) is 11.3 Å². The zero-order valence-corrected chi connectivity index (χ0v) is 10.2. The van der Waals surface area contributed by atoms with Crippen LogP contribution in [-0.4, -0.2) is 15.5 Å². The van der Waals surface area contributed by atoms with Gasteiger partial charge in [-0.25, -0.2) is 8.78 Å². The molecular weight excluding hydrogens is 244 g/mol. The molecule has 17 heavy (non-hydrogen) atoms. The van der Waals surface area contributed by atoms with E-state index in [2.05, 4.69) is 0 Å². The van der Waals surface area contributed by atoms with Crippen molar-refractivity contribution in [2.75, 3.05) is 0 Å². The van der Waals surface area contributed by atoms with Crippen LogP contribution in [0.3, 0.4) is 0 Å². The normalized spacial score (nSPS) is 26.8. The van der Waals surface area contributed by atoms with Crippen LogP contribution in [0.15, 0.2) is 23.1 Å². The Balaban J connectivity index is 2.21. The lowest BCUT2D eigenvalue weighted by Gasteiger charge is -2.25. The van der Waals surface area contributed by atoms with Crippen LogP contribution >= 0.6 is 0 Å². The summed E-state index contributed by atoms with van der Waals surface area (Å²) < 4.78 is 38.7. The van der Waals surface area contributed by atoms with Crippen molar-refractivity contribution >= 4 is 10.8 Å². The van der Waals surface area contributed by atoms with E-state index in [1.54, 1.807) is 0 Å². The summed E-state index contributed by atoms with van der Waals surface area (Å²) in [6.45, 7) is 0. The van der Waals surface area contributed by atoms with Gasteiger partial charge in [-0.15, -0.1) is 0 Å². The van der Waals surface area contributed by atoms with Crippen LogP contribution in [0, 0.1) is 11.6 Å². The number of hydrogen-bond donors (Lipinski definition) is 1. The van der Waals surface area contributed by atoms with Crippen molar-refractivity contribution < 1.29 is 13.0 Å². The molecule has 3 unspecified atom stereocenters. The zero-order chi connectivity index (χ0) is 12.4. The summed E-state index contributed by atoms with van der Waals surface area (Å²) in [7, 11) is -1.51. The molecule has 0 bridgehead atoms. The van der Waals surface area contributed by atoms with Crippen molar-refractivity contribution in [3.63, 3.8) is 0 Å². The molecule has 0 saturated heterocycles. The molecular formula is C12H15F2NOS. The van der Waals surface area contributed by atoms with E-state index in [0.29, 0.717) is 6.42 Å². The Morgan fingerprint density at radius 3 is 2.76 bits per heavy atom. The highest BCUT2D eigenvalue weighted by molar-refractivity contribution is 7.85. The molecule has 2 rings (SSSR count). The maximum absolute atomic E-state index is 13.5. The van der Waals surface area contributed by atoms with Gasteiger partial charge in [0.2, 0.25) is 0 Å². The highest BCUT2D eigenvalue weighted by Crippen LogP contribution is 2.26. The van der Waals surface area contributed by atoms with Gasteiger partial charge in [0.05, 0.1) is 15.7 Å². The summed E-state index contributed by atoms with van der Waals surface area (Å²) >= 11 is 0. The number of benzene rings is 1. The monoisotopic (exact) mass is 259 g/mol. The van der Waals surface area contributed by atoms with Crippen molar-refractivity contribution in [1.82, 2.24) is 0 Å². The molecule has 94 valence electrons. The first kappa shape index (κ1) is 12.6. The second-order valence-corrected chi connectivity index (χ2v) is 6.12. The van der Waals surface area contributed by atoms with Gasteiger partial charge in [0.25, 0.3) is 0 Å². The van der Waals surface area contributed by atoms with E-state index in [1.165, 1.54) is 0 Å². The van der Waals surface area contributed by atoms with Crippen LogP contribution < -0.4 is 5.73 Å². The number of hydrogen-bond acceptors (Lipinski definition) is 2. The van der Waals surface area contributed by atoms with E-state index in [0.717, 1.165) is 37.5 Å². The lowest BCUT2D eigenvalue weighted by Crippen LogP contribution is -2.33. The average molecular weight is 259 g/mol. The third-order valence-corrected chi connectivity index (χ3v) is 4.86. The quantitative estimate of drug-likeness (QED) is 0.886. The van der Waals surface area contributed by atoms with Gasteiger partial charge in [-0.1, -0.05) is 6.42 Å². The highest BCUT2D eigenvalue weighted by atomic mass is 32.2. The predicted octanol–water partition coefficient (Wildman–Crippen LogP) is 2.34. The largest absolute Gasteiger partial charge is 0.328 e. The van der Waals surface area contributed by atoms with Gasteiger partial charge in [0.1, 0.15) is 11.6 Å². The second kappa shape index (κ2) is 5.23. The maximum Gasteiger partial charge on any atom is 0.139 e. The molecule has 1 aromatic carbocycles. The van der Waals surface area contributed by atoms with E-state index in [-0.39, 0.29) is 16.2 Å². The Hall–Kier alpha value is -0.810. The first-order valence-electron chi connectivity index (χ1n) is 5.69. The molecule has 0 aromatic heterocycles. The number of nitrogens with two attached hydrogens (primary N) is 1. The predicted molar refractivity (Wildman–Crippen MR) is 63.0 cm³/mol. The average Bonchev–Trinajstić information content (AvgIpc) is 2.31. The van der Waals surface area contributed by atoms with Crippen LogP contribution in [0.4, 0.5) is 8.78 Å². The highest BCUT2D eigenvalue weighted by Gasteiger charge is 2.26. The fraction of sp³-hybridized carbons (Fsp3) is 0.500. The Morgan fingerprint density at radius 1 is 1.29 bits per heavy atom. The van der Waals surface area contributed by atoms with Crippen LogP contribution in [0.1, 0.15) is 25.7 Å². The van der Waals surface area contributed by atoms with E-state index in [4.69, 9.17) is 5.73 Å². The summed E-state index contributed by atoms with van der Waals surface area (Å²) in [5.74, 6) is -1.17. The standard InChI is InChI=1S/C12H15F2NOS/c13-8-4-5-11(14)12(6-8)17(16)10-3-1-2-9(15)7-10/h4-6,9-10H,1-3,7,15H2. The molecule has 2 N–H and O–H groups in total. The molecule has 2 nitrogen and oxygen atoms in total. The summed E-state index contributed by atoms with van der Waals surface area (Å²) in [5, 5.41) is -0.157. The third kappa shape index (κ3) is 2.90. The fourth-order valence-electron chi connectivity index (χ4n) is 2.19. The van der Waals surface area contributed by atoms with Crippen LogP contribution in [-0.2, 0) is 10.8 Å². The number of rotatable bonds is 2. The van der Waals surface area contributed by atoms with Crippen LogP contribution in [0.2, 0.25) is 0 Å². The molecule has 5 heteroatoms. The zero-order valence-electron chi connectivity index (χ0n) is 9.36. The molecule has 1 aromatic rings. The maximum atomic E-state index is 13.5. The van der Waals surface area contributed by atoms with Crippen LogP contribution in [0.25, 0.3) is 0 Å². The van der Waals surface area contributed by atoms with Crippen molar-refractivity contribution in [1.29, 1.82) is 0 Å². The van der Waals surface area contributed by atoms with Gasteiger partial charge in [-0.05, 0) is 37.5 Å². The topological polar surface area (TPSA) is 43.1 Å². The van der Waals surface area contributed by atoms with Crippen LogP contribution in [0.5, 0.6) is 0 Å². The van der Waals surface area contributed by atoms with Gasteiger partial charge in [-0.3, -0.25) is 4.21 Å². The molecule has 0 radical (unpaired) electrons. The van der Waals surface area contributed by atoms with E-state index in [1.807, 2.05) is 0 Å². The third-order valence-electron chi connectivity index (χ3n) is 3.08. The Kier molecular flexibility index (Phi) is 3.89. The minimum atomic E-state index is -1.51. The Labute approximate surface area is 102 Å². The van der Waals surface area contributed by atoms with E-state index < -0.39 is 22.4 Å². The minimum Gasteiger partial charge on any atom is -0.328 e. The van der Waals surface area contributed by atoms with Gasteiger partial charge < -0.3 is 5.73 Å². The smallest absolute Gasteiger partial charge is 0.139 e. The van der Waals surface area contributed by atoms with Crippen molar-refractivity contribution in [3.05, 3.63) is 29.8 Å². The van der Waals surface area contributed by atoms with Gasteiger partial charge in [0.15, 0.2) is 0 Å². The molecule has 1 aliphatic rings. The molecule has 0 aliphatic heterocycles. The van der Waals surface area contributed by atoms with Crippen molar-refractivity contribution in [2.24, 2.45) is 5.73 Å². The van der Waals surface area contributed by atoms with E-state index in [9.17, 15) is 13.0 Å². The number of halogens is 2. The molecule has 0 spiro atoms. The Bertz CT molecular complexity index is 439. The summed E-state index contributed by atoms with van der Waals surface area (Å²) in [6, 6.07) is 3.09. The first-order valence-corrected chi connectivity index (χ1v) is 6.90. The SMILES string of the molecule is NC1CCCC(S(=O)c2cc(F)ccc2F)C1. The molecule has 1 saturated carbocycles. The molecule has 1 aliphatic carbocycles. The summed E-state index contributed by atoms with van der Waals surface area (Å²) in [4.78, 5) is -0.0379. The lowest BCUT2D eigenvalue weighted by atomic mass is 9.96. The van der Waals surface area contributed by atoms with Gasteiger partial charge in [-0.2, -0.15) is 0 Å². The lowest BCUT2D eigenvalue weighted by molar-refractivity contribution is 0.443. The summed E-state index contributed by atoms with van der Waals surface area (Å²) in [6.07, 6.45) is 3.19. The first-order chi connectivity index (χ1) is 8.08. The second-order valence-electron chi connectivity index (χ2n) is 4.42. The summed E-state index contributed by atoms with van der Waals surface area (Å²) in [5.41, 5.74) is 5.81. The van der Waals surface area contributed by atoms with E-state index >= 15 is 0 Å². The molecule has 1 fully saturated rings. The molecule has 0 heterocycles. The molecule has 0 amide bonds. The Morgan fingerprint density at radius 2 is 2.06 bits per heavy atom. The fourth-order valence-corrected chi connectivity index (χ4v) is 3.84. The van der Waals surface area contributed by atoms with Crippen molar-refractivity contribution in [2.45, 2.75) is 41.9 Å². The molecule has 3 atom stereocenters. The minimum absolute atomic E-state index is 0.0225.